The molecule has 1 N–H and O–H groups in total. The first-order valence-corrected chi connectivity index (χ1v) is 7.51. The van der Waals surface area contributed by atoms with Gasteiger partial charge in [0.2, 0.25) is 5.91 Å². The van der Waals surface area contributed by atoms with Crippen LogP contribution in [0, 0.1) is 10.1 Å². The van der Waals surface area contributed by atoms with Crippen molar-refractivity contribution < 1.29 is 9.72 Å². The monoisotopic (exact) mass is 297 g/mol. The lowest BCUT2D eigenvalue weighted by Gasteiger charge is -1.99. The van der Waals surface area contributed by atoms with Gasteiger partial charge in [-0.2, -0.15) is 5.10 Å². The van der Waals surface area contributed by atoms with Crippen LogP contribution < -0.4 is 5.43 Å². The van der Waals surface area contributed by atoms with Crippen LogP contribution in [0.2, 0.25) is 0 Å². The third-order valence-electron chi connectivity index (χ3n) is 2.68. The van der Waals surface area contributed by atoms with Crippen LogP contribution in [0.5, 0.6) is 0 Å². The van der Waals surface area contributed by atoms with E-state index in [1.807, 2.05) is 0 Å². The number of unbranched alkanes of at least 4 members (excludes halogenated alkanes) is 4. The maximum atomic E-state index is 11.4. The average Bonchev–Trinajstić information content (AvgIpc) is 2.87. The fourth-order valence-electron chi connectivity index (χ4n) is 1.62. The van der Waals surface area contributed by atoms with Gasteiger partial charge < -0.3 is 0 Å². The number of hydrogen-bond acceptors (Lipinski definition) is 5. The van der Waals surface area contributed by atoms with Crippen LogP contribution in [0.3, 0.4) is 0 Å². The molecule has 20 heavy (non-hydrogen) atoms. The van der Waals surface area contributed by atoms with Gasteiger partial charge in [0.05, 0.1) is 16.0 Å². The zero-order valence-corrected chi connectivity index (χ0v) is 12.3. The molecule has 0 unspecified atom stereocenters. The van der Waals surface area contributed by atoms with Crippen LogP contribution in [0.1, 0.15) is 50.3 Å². The molecule has 0 aliphatic carbocycles. The van der Waals surface area contributed by atoms with Gasteiger partial charge in [-0.05, 0) is 12.5 Å². The highest BCUT2D eigenvalue weighted by Gasteiger charge is 2.08. The maximum absolute atomic E-state index is 11.4. The molecule has 0 saturated heterocycles. The molecule has 1 rings (SSSR count). The Labute approximate surface area is 122 Å². The molecule has 110 valence electrons. The summed E-state index contributed by atoms with van der Waals surface area (Å²) in [5.41, 5.74) is 2.43. The van der Waals surface area contributed by atoms with Crippen LogP contribution in [0.15, 0.2) is 17.2 Å². The van der Waals surface area contributed by atoms with Crippen molar-refractivity contribution in [2.24, 2.45) is 5.10 Å². The molecule has 6 nitrogen and oxygen atoms in total. The predicted octanol–water partition coefficient (Wildman–Crippen LogP) is 3.47. The SMILES string of the molecule is CCCCCCCC(=O)N/N=C\c1ccc([N+](=O)[O-])s1. The highest BCUT2D eigenvalue weighted by molar-refractivity contribution is 7.16. The number of nitrogens with one attached hydrogen (secondary N) is 1. The minimum Gasteiger partial charge on any atom is -0.273 e. The van der Waals surface area contributed by atoms with Crippen molar-refractivity contribution in [3.63, 3.8) is 0 Å². The van der Waals surface area contributed by atoms with Crippen molar-refractivity contribution >= 4 is 28.5 Å². The molecule has 7 heteroatoms. The lowest BCUT2D eigenvalue weighted by Crippen LogP contribution is -2.16. The summed E-state index contributed by atoms with van der Waals surface area (Å²) in [5.74, 6) is -0.121. The van der Waals surface area contributed by atoms with Gasteiger partial charge in [0.1, 0.15) is 0 Å². The maximum Gasteiger partial charge on any atom is 0.324 e. The van der Waals surface area contributed by atoms with E-state index in [1.54, 1.807) is 6.07 Å². The number of amides is 1. The molecule has 0 aromatic carbocycles. The summed E-state index contributed by atoms with van der Waals surface area (Å²) >= 11 is 1.02. The Morgan fingerprint density at radius 1 is 1.40 bits per heavy atom. The first-order valence-electron chi connectivity index (χ1n) is 6.69. The number of rotatable bonds is 9. The second-order valence-electron chi connectivity index (χ2n) is 4.39. The molecule has 0 saturated carbocycles. The lowest BCUT2D eigenvalue weighted by molar-refractivity contribution is -0.380. The van der Waals surface area contributed by atoms with Crippen LogP contribution >= 0.6 is 11.3 Å². The summed E-state index contributed by atoms with van der Waals surface area (Å²) in [4.78, 5) is 22.1. The fourth-order valence-corrected chi connectivity index (χ4v) is 2.32. The van der Waals surface area contributed by atoms with Crippen LogP contribution in [-0.4, -0.2) is 17.0 Å². The second kappa shape index (κ2) is 9.19. The third kappa shape index (κ3) is 6.42. The highest BCUT2D eigenvalue weighted by Crippen LogP contribution is 2.22. The number of nitrogens with zero attached hydrogens (tertiary/aromatic N) is 2. The molecule has 0 aliphatic heterocycles. The fraction of sp³-hybridized carbons (Fsp3) is 0.538. The Morgan fingerprint density at radius 2 is 2.15 bits per heavy atom. The van der Waals surface area contributed by atoms with Crippen LogP contribution in [0.4, 0.5) is 5.00 Å². The van der Waals surface area contributed by atoms with E-state index >= 15 is 0 Å². The lowest BCUT2D eigenvalue weighted by atomic mass is 10.1. The largest absolute Gasteiger partial charge is 0.324 e. The van der Waals surface area contributed by atoms with Crippen molar-refractivity contribution in [3.8, 4) is 0 Å². The van der Waals surface area contributed by atoms with Gasteiger partial charge >= 0.3 is 5.00 Å². The number of hydrogen-bond donors (Lipinski definition) is 1. The van der Waals surface area contributed by atoms with E-state index in [9.17, 15) is 14.9 Å². The molecule has 0 aliphatic rings. The van der Waals surface area contributed by atoms with Crippen molar-refractivity contribution in [3.05, 3.63) is 27.1 Å². The standard InChI is InChI=1S/C13H19N3O3S/c1-2-3-4-5-6-7-12(17)15-14-10-11-8-9-13(20-11)16(18)19/h8-10H,2-7H2,1H3,(H,15,17)/b14-10-. The molecule has 0 bridgehead atoms. The molecule has 0 radical (unpaired) electrons. The molecule has 1 amide bonds. The van der Waals surface area contributed by atoms with E-state index in [0.29, 0.717) is 11.3 Å². The number of hydrazone groups is 1. The molecule has 1 aromatic heterocycles. The molecular weight excluding hydrogens is 278 g/mol. The average molecular weight is 297 g/mol. The second-order valence-corrected chi connectivity index (χ2v) is 5.48. The van der Waals surface area contributed by atoms with Gasteiger partial charge in [-0.15, -0.1) is 0 Å². The van der Waals surface area contributed by atoms with Crippen LogP contribution in [-0.2, 0) is 4.79 Å². The summed E-state index contributed by atoms with van der Waals surface area (Å²) in [6.07, 6.45) is 7.36. The number of nitro groups is 1. The Bertz CT molecular complexity index is 471. The van der Waals surface area contributed by atoms with Gasteiger partial charge in [-0.1, -0.05) is 43.9 Å². The smallest absolute Gasteiger partial charge is 0.273 e. The van der Waals surface area contributed by atoms with E-state index in [-0.39, 0.29) is 10.9 Å². The van der Waals surface area contributed by atoms with Gasteiger partial charge in [0.15, 0.2) is 0 Å². The molecule has 0 atom stereocenters. The van der Waals surface area contributed by atoms with Gasteiger partial charge in [0.25, 0.3) is 0 Å². The third-order valence-corrected chi connectivity index (χ3v) is 3.65. The molecular formula is C13H19N3O3S. The first kappa shape index (κ1) is 16.3. The minimum absolute atomic E-state index is 0.0636. The minimum atomic E-state index is -0.448. The topological polar surface area (TPSA) is 84.6 Å². The predicted molar refractivity (Wildman–Crippen MR) is 80.1 cm³/mol. The summed E-state index contributed by atoms with van der Waals surface area (Å²) in [7, 11) is 0. The normalized spacial score (nSPS) is 10.8. The first-order chi connectivity index (χ1) is 9.63. The number of carbonyl (C=O) groups is 1. The highest BCUT2D eigenvalue weighted by atomic mass is 32.1. The van der Waals surface area contributed by atoms with Gasteiger partial charge in [-0.3, -0.25) is 14.9 Å². The Balaban J connectivity index is 2.22. The number of thiophene rings is 1. The van der Waals surface area contributed by atoms with Crippen molar-refractivity contribution in [1.29, 1.82) is 0 Å². The van der Waals surface area contributed by atoms with E-state index in [0.717, 1.165) is 30.6 Å². The van der Waals surface area contributed by atoms with Crippen molar-refractivity contribution in [2.75, 3.05) is 0 Å². The van der Waals surface area contributed by atoms with E-state index in [2.05, 4.69) is 17.5 Å². The Morgan fingerprint density at radius 3 is 2.80 bits per heavy atom. The molecule has 1 aromatic rings. The summed E-state index contributed by atoms with van der Waals surface area (Å²) < 4.78 is 0. The van der Waals surface area contributed by atoms with E-state index in [1.165, 1.54) is 25.1 Å². The summed E-state index contributed by atoms with van der Waals surface area (Å²) in [5, 5.41) is 14.3. The van der Waals surface area contributed by atoms with Crippen molar-refractivity contribution in [1.82, 2.24) is 5.43 Å². The Kier molecular flexibility index (Phi) is 7.49. The molecule has 1 heterocycles. The molecule has 0 fully saturated rings. The van der Waals surface area contributed by atoms with Crippen molar-refractivity contribution in [2.45, 2.75) is 45.4 Å². The molecule has 0 spiro atoms. The summed E-state index contributed by atoms with van der Waals surface area (Å²) in [6.45, 7) is 2.15. The van der Waals surface area contributed by atoms with Gasteiger partial charge in [-0.25, -0.2) is 5.43 Å². The van der Waals surface area contributed by atoms with Gasteiger partial charge in [0, 0.05) is 12.5 Å². The number of carbonyl (C=O) groups excluding carboxylic acids is 1. The van der Waals surface area contributed by atoms with E-state index in [4.69, 9.17) is 0 Å². The Hall–Kier alpha value is -1.76. The van der Waals surface area contributed by atoms with Crippen LogP contribution in [0.25, 0.3) is 0 Å². The quantitative estimate of drug-likeness (QED) is 0.328. The van der Waals surface area contributed by atoms with E-state index < -0.39 is 4.92 Å². The zero-order valence-electron chi connectivity index (χ0n) is 11.5. The summed E-state index contributed by atoms with van der Waals surface area (Å²) in [6, 6.07) is 3.02. The zero-order chi connectivity index (χ0) is 14.8.